The number of aliphatic hydroxyl groups excluding tert-OH is 1. The highest BCUT2D eigenvalue weighted by Crippen LogP contribution is 2.20. The summed E-state index contributed by atoms with van der Waals surface area (Å²) < 4.78 is 16.9. The first-order valence-corrected chi connectivity index (χ1v) is 10.4. The van der Waals surface area contributed by atoms with Gasteiger partial charge in [-0.2, -0.15) is 0 Å². The van der Waals surface area contributed by atoms with Crippen molar-refractivity contribution in [2.24, 2.45) is 0 Å². The minimum atomic E-state index is -0.574. The molecule has 2 aromatic rings. The standard InChI is InChI=1S/C24H33NO4/c1-18-6-11-24(19(2)13-18)29-17-21(26)15-25(16-23-5-4-12-28-23)14-20-7-9-22(27-3)10-8-20/h6-11,13,21,23,26H,4-5,12,14-17H2,1-3H3. The van der Waals surface area contributed by atoms with Gasteiger partial charge in [-0.25, -0.2) is 0 Å². The SMILES string of the molecule is COc1ccc(CN(CC(O)COc2ccc(C)cc2C)CC2CCCO2)cc1. The molecule has 2 aromatic carbocycles. The zero-order chi connectivity index (χ0) is 20.6. The summed E-state index contributed by atoms with van der Waals surface area (Å²) in [5.74, 6) is 1.68. The number of ether oxygens (including phenoxy) is 3. The van der Waals surface area contributed by atoms with Crippen LogP contribution in [0.4, 0.5) is 0 Å². The van der Waals surface area contributed by atoms with Gasteiger partial charge in [-0.15, -0.1) is 0 Å². The predicted molar refractivity (Wildman–Crippen MR) is 115 cm³/mol. The van der Waals surface area contributed by atoms with Crippen molar-refractivity contribution < 1.29 is 19.3 Å². The summed E-state index contributed by atoms with van der Waals surface area (Å²) in [4.78, 5) is 2.26. The number of hydrogen-bond acceptors (Lipinski definition) is 5. The van der Waals surface area contributed by atoms with E-state index in [0.29, 0.717) is 6.54 Å². The Morgan fingerprint density at radius 1 is 1.17 bits per heavy atom. The Kier molecular flexibility index (Phi) is 7.92. The maximum absolute atomic E-state index is 10.6. The van der Waals surface area contributed by atoms with Crippen LogP contribution < -0.4 is 9.47 Å². The Morgan fingerprint density at radius 2 is 1.97 bits per heavy atom. The summed E-state index contributed by atoms with van der Waals surface area (Å²) in [6.07, 6.45) is 1.85. The van der Waals surface area contributed by atoms with E-state index in [0.717, 1.165) is 49.6 Å². The lowest BCUT2D eigenvalue weighted by Gasteiger charge is -2.27. The highest BCUT2D eigenvalue weighted by molar-refractivity contribution is 5.35. The second kappa shape index (κ2) is 10.6. The van der Waals surface area contributed by atoms with Crippen LogP contribution >= 0.6 is 0 Å². The molecule has 2 atom stereocenters. The molecule has 0 aromatic heterocycles. The van der Waals surface area contributed by atoms with E-state index < -0.39 is 6.10 Å². The maximum atomic E-state index is 10.6. The molecule has 29 heavy (non-hydrogen) atoms. The van der Waals surface area contributed by atoms with Crippen molar-refractivity contribution in [2.45, 2.75) is 45.4 Å². The van der Waals surface area contributed by atoms with Gasteiger partial charge in [-0.1, -0.05) is 29.8 Å². The summed E-state index contributed by atoms with van der Waals surface area (Å²) in [5, 5.41) is 10.6. The van der Waals surface area contributed by atoms with Gasteiger partial charge in [-0.05, 0) is 56.0 Å². The van der Waals surface area contributed by atoms with Gasteiger partial charge in [0.25, 0.3) is 0 Å². The van der Waals surface area contributed by atoms with Gasteiger partial charge in [-0.3, -0.25) is 4.90 Å². The Bertz CT molecular complexity index is 756. The molecule has 0 bridgehead atoms. The monoisotopic (exact) mass is 399 g/mol. The largest absolute Gasteiger partial charge is 0.497 e. The van der Waals surface area contributed by atoms with Gasteiger partial charge < -0.3 is 19.3 Å². The molecule has 5 heteroatoms. The van der Waals surface area contributed by atoms with Crippen LogP contribution in [0.3, 0.4) is 0 Å². The van der Waals surface area contributed by atoms with Gasteiger partial charge in [0.05, 0.1) is 13.2 Å². The first-order valence-electron chi connectivity index (χ1n) is 10.4. The van der Waals surface area contributed by atoms with Crippen LogP contribution in [-0.2, 0) is 11.3 Å². The van der Waals surface area contributed by atoms with Crippen LogP contribution in [0.15, 0.2) is 42.5 Å². The average Bonchev–Trinajstić information content (AvgIpc) is 3.21. The Hall–Kier alpha value is -2.08. The molecule has 1 N–H and O–H groups in total. The van der Waals surface area contributed by atoms with Crippen molar-refractivity contribution in [3.63, 3.8) is 0 Å². The van der Waals surface area contributed by atoms with Crippen molar-refractivity contribution in [3.05, 3.63) is 59.2 Å². The first-order chi connectivity index (χ1) is 14.0. The molecule has 1 aliphatic heterocycles. The molecule has 0 amide bonds. The van der Waals surface area contributed by atoms with Crippen LogP contribution in [0.5, 0.6) is 11.5 Å². The van der Waals surface area contributed by atoms with E-state index in [9.17, 15) is 5.11 Å². The molecule has 1 aliphatic rings. The van der Waals surface area contributed by atoms with Crippen LogP contribution in [0, 0.1) is 13.8 Å². The van der Waals surface area contributed by atoms with E-state index >= 15 is 0 Å². The number of methoxy groups -OCH3 is 1. The van der Waals surface area contributed by atoms with Crippen LogP contribution in [0.1, 0.15) is 29.5 Å². The van der Waals surface area contributed by atoms with Gasteiger partial charge in [0.2, 0.25) is 0 Å². The fraction of sp³-hybridized carbons (Fsp3) is 0.500. The fourth-order valence-corrected chi connectivity index (χ4v) is 3.77. The lowest BCUT2D eigenvalue weighted by Crippen LogP contribution is -2.39. The Morgan fingerprint density at radius 3 is 2.62 bits per heavy atom. The minimum Gasteiger partial charge on any atom is -0.497 e. The normalized spacial score (nSPS) is 17.5. The molecule has 0 saturated carbocycles. The van der Waals surface area contributed by atoms with E-state index in [1.165, 1.54) is 11.1 Å². The summed E-state index contributed by atoms with van der Waals surface area (Å²) in [6, 6.07) is 14.2. The molecule has 0 aliphatic carbocycles. The fourth-order valence-electron chi connectivity index (χ4n) is 3.77. The lowest BCUT2D eigenvalue weighted by molar-refractivity contribution is 0.0312. The van der Waals surface area contributed by atoms with Crippen molar-refractivity contribution in [3.8, 4) is 11.5 Å². The zero-order valence-corrected chi connectivity index (χ0v) is 17.8. The molecule has 0 radical (unpaired) electrons. The van der Waals surface area contributed by atoms with Crippen molar-refractivity contribution in [1.29, 1.82) is 0 Å². The van der Waals surface area contributed by atoms with Gasteiger partial charge in [0.15, 0.2) is 0 Å². The Labute approximate surface area is 174 Å². The number of nitrogens with zero attached hydrogens (tertiary/aromatic N) is 1. The zero-order valence-electron chi connectivity index (χ0n) is 17.8. The van der Waals surface area contributed by atoms with Crippen LogP contribution in [-0.4, -0.2) is 55.6 Å². The Balaban J connectivity index is 1.58. The van der Waals surface area contributed by atoms with E-state index in [4.69, 9.17) is 14.2 Å². The lowest BCUT2D eigenvalue weighted by atomic mass is 10.1. The molecular formula is C24H33NO4. The van der Waals surface area contributed by atoms with E-state index in [2.05, 4.69) is 30.0 Å². The second-order valence-electron chi connectivity index (χ2n) is 7.91. The van der Waals surface area contributed by atoms with E-state index in [1.807, 2.05) is 31.2 Å². The molecule has 2 unspecified atom stereocenters. The summed E-state index contributed by atoms with van der Waals surface area (Å²) >= 11 is 0. The van der Waals surface area contributed by atoms with Crippen molar-refractivity contribution >= 4 is 0 Å². The first kappa shape index (κ1) is 21.6. The summed E-state index contributed by atoms with van der Waals surface area (Å²) in [6.45, 7) is 7.30. The van der Waals surface area contributed by atoms with Crippen LogP contribution in [0.2, 0.25) is 0 Å². The van der Waals surface area contributed by atoms with Crippen molar-refractivity contribution in [1.82, 2.24) is 4.90 Å². The third-order valence-corrected chi connectivity index (χ3v) is 5.28. The highest BCUT2D eigenvalue weighted by Gasteiger charge is 2.21. The maximum Gasteiger partial charge on any atom is 0.122 e. The quantitative estimate of drug-likeness (QED) is 0.660. The molecular weight excluding hydrogens is 366 g/mol. The minimum absolute atomic E-state index is 0.237. The second-order valence-corrected chi connectivity index (χ2v) is 7.91. The molecule has 3 rings (SSSR count). The third kappa shape index (κ3) is 6.74. The van der Waals surface area contributed by atoms with Crippen molar-refractivity contribution in [2.75, 3.05) is 33.4 Å². The van der Waals surface area contributed by atoms with Crippen LogP contribution in [0.25, 0.3) is 0 Å². The molecule has 1 saturated heterocycles. The molecule has 5 nitrogen and oxygen atoms in total. The van der Waals surface area contributed by atoms with E-state index in [-0.39, 0.29) is 12.7 Å². The summed E-state index contributed by atoms with van der Waals surface area (Å²) in [5.41, 5.74) is 3.48. The van der Waals surface area contributed by atoms with Gasteiger partial charge in [0, 0.05) is 26.2 Å². The number of benzene rings is 2. The number of aryl methyl sites for hydroxylation is 2. The number of aliphatic hydroxyl groups is 1. The van der Waals surface area contributed by atoms with Gasteiger partial charge >= 0.3 is 0 Å². The van der Waals surface area contributed by atoms with E-state index in [1.54, 1.807) is 7.11 Å². The molecule has 1 fully saturated rings. The molecule has 1 heterocycles. The average molecular weight is 400 g/mol. The summed E-state index contributed by atoms with van der Waals surface area (Å²) in [7, 11) is 1.67. The number of hydrogen-bond donors (Lipinski definition) is 1. The molecule has 158 valence electrons. The topological polar surface area (TPSA) is 51.2 Å². The van der Waals surface area contributed by atoms with Gasteiger partial charge in [0.1, 0.15) is 24.2 Å². The number of rotatable bonds is 10. The highest BCUT2D eigenvalue weighted by atomic mass is 16.5. The third-order valence-electron chi connectivity index (χ3n) is 5.28. The predicted octanol–water partition coefficient (Wildman–Crippen LogP) is 3.73. The smallest absolute Gasteiger partial charge is 0.122 e. The molecule has 0 spiro atoms.